The first kappa shape index (κ1) is 19.2. The predicted molar refractivity (Wildman–Crippen MR) is 87.8 cm³/mol. The van der Waals surface area contributed by atoms with Crippen molar-refractivity contribution in [3.8, 4) is 5.88 Å². The Bertz CT molecular complexity index is 535. The second kappa shape index (κ2) is 8.69. The van der Waals surface area contributed by atoms with Crippen LogP contribution in [0.2, 0.25) is 0 Å². The van der Waals surface area contributed by atoms with E-state index in [4.69, 9.17) is 20.2 Å². The number of esters is 1. The third-order valence-electron chi connectivity index (χ3n) is 2.92. The summed E-state index contributed by atoms with van der Waals surface area (Å²) in [6.45, 7) is 10.9. The van der Waals surface area contributed by atoms with Gasteiger partial charge in [0.1, 0.15) is 5.56 Å². The van der Waals surface area contributed by atoms with Gasteiger partial charge < -0.3 is 14.3 Å². The number of nitrogens with two attached hydrogens (primary N) is 1. The highest BCUT2D eigenvalue weighted by Crippen LogP contribution is 2.23. The summed E-state index contributed by atoms with van der Waals surface area (Å²) in [6, 6.07) is 0. The van der Waals surface area contributed by atoms with Gasteiger partial charge >= 0.3 is 5.97 Å². The monoisotopic (exact) mass is 325 g/mol. The normalized spacial score (nSPS) is 12.1. The highest BCUT2D eigenvalue weighted by molar-refractivity contribution is 5.91. The lowest BCUT2D eigenvalue weighted by atomic mass is 9.95. The van der Waals surface area contributed by atoms with Crippen LogP contribution >= 0.6 is 0 Å². The summed E-state index contributed by atoms with van der Waals surface area (Å²) in [6.07, 6.45) is 5.08. The van der Waals surface area contributed by atoms with E-state index in [9.17, 15) is 4.79 Å². The molecular weight excluding hydrogens is 298 g/mol. The van der Waals surface area contributed by atoms with E-state index in [2.05, 4.69) is 5.10 Å². The Morgan fingerprint density at radius 3 is 2.74 bits per heavy atom. The van der Waals surface area contributed by atoms with Gasteiger partial charge in [-0.1, -0.05) is 33.8 Å². The molecule has 0 saturated heterocycles. The Balaban J connectivity index is 3.06. The second-order valence-corrected chi connectivity index (χ2v) is 6.35. The molecule has 0 aromatic carbocycles. The maximum Gasteiger partial charge on any atom is 0.345 e. The van der Waals surface area contributed by atoms with Gasteiger partial charge in [-0.2, -0.15) is 5.10 Å². The van der Waals surface area contributed by atoms with Gasteiger partial charge in [0.25, 0.3) is 0 Å². The first-order valence-electron chi connectivity index (χ1n) is 7.69. The van der Waals surface area contributed by atoms with E-state index >= 15 is 0 Å². The minimum absolute atomic E-state index is 0.278. The van der Waals surface area contributed by atoms with Gasteiger partial charge in [-0.15, -0.1) is 0 Å². The Morgan fingerprint density at radius 2 is 2.17 bits per heavy atom. The van der Waals surface area contributed by atoms with Crippen LogP contribution in [-0.4, -0.2) is 35.6 Å². The Kier molecular flexibility index (Phi) is 7.25. The Morgan fingerprint density at radius 1 is 1.48 bits per heavy atom. The molecule has 130 valence electrons. The number of hydrogen-bond acceptors (Lipinski definition) is 6. The highest BCUT2D eigenvalue weighted by atomic mass is 16.6. The van der Waals surface area contributed by atoms with Crippen molar-refractivity contribution in [2.45, 2.75) is 34.6 Å². The molecule has 0 amide bonds. The molecular formula is C16H27N3O4. The SMILES string of the molecule is CCOC(=O)c1cnn(C=CC(C)(C)CON)c1OCC(C)C. The fraction of sp³-hybridized carbons (Fsp3) is 0.625. The van der Waals surface area contributed by atoms with Gasteiger partial charge in [-0.05, 0) is 12.8 Å². The van der Waals surface area contributed by atoms with Crippen molar-refractivity contribution in [1.29, 1.82) is 0 Å². The predicted octanol–water partition coefficient (Wildman–Crippen LogP) is 2.48. The topological polar surface area (TPSA) is 88.6 Å². The first-order chi connectivity index (χ1) is 10.8. The van der Waals surface area contributed by atoms with E-state index < -0.39 is 5.97 Å². The maximum atomic E-state index is 12.0. The van der Waals surface area contributed by atoms with E-state index in [1.807, 2.05) is 33.8 Å². The van der Waals surface area contributed by atoms with E-state index in [-0.39, 0.29) is 5.41 Å². The van der Waals surface area contributed by atoms with Crippen LogP contribution in [0.1, 0.15) is 45.0 Å². The maximum absolute atomic E-state index is 12.0. The van der Waals surface area contributed by atoms with Crippen LogP contribution < -0.4 is 10.6 Å². The highest BCUT2D eigenvalue weighted by Gasteiger charge is 2.21. The summed E-state index contributed by atoms with van der Waals surface area (Å²) in [4.78, 5) is 16.7. The van der Waals surface area contributed by atoms with E-state index in [0.717, 1.165) is 0 Å². The van der Waals surface area contributed by atoms with Gasteiger partial charge in [0.05, 0.1) is 26.0 Å². The van der Waals surface area contributed by atoms with Crippen molar-refractivity contribution in [3.05, 3.63) is 17.8 Å². The molecule has 1 aromatic heterocycles. The summed E-state index contributed by atoms with van der Waals surface area (Å²) in [7, 11) is 0. The number of carbonyl (C=O) groups excluding carboxylic acids is 1. The van der Waals surface area contributed by atoms with Gasteiger partial charge in [0.2, 0.25) is 5.88 Å². The standard InChI is InChI=1S/C16H27N3O4/c1-6-21-15(20)13-9-18-19(14(13)22-10-12(2)3)8-7-16(4,5)11-23-17/h7-9,12H,6,10-11,17H2,1-5H3. The number of nitrogens with zero attached hydrogens (tertiary/aromatic N) is 2. The molecule has 23 heavy (non-hydrogen) atoms. The molecule has 0 aliphatic rings. The average molecular weight is 325 g/mol. The van der Waals surface area contributed by atoms with Gasteiger partial charge in [0.15, 0.2) is 0 Å². The van der Waals surface area contributed by atoms with Crippen molar-refractivity contribution in [2.75, 3.05) is 19.8 Å². The van der Waals surface area contributed by atoms with E-state index in [1.54, 1.807) is 13.1 Å². The van der Waals surface area contributed by atoms with Crippen LogP contribution in [0.5, 0.6) is 5.88 Å². The van der Waals surface area contributed by atoms with Gasteiger partial charge in [-0.25, -0.2) is 15.4 Å². The lowest BCUT2D eigenvalue weighted by Gasteiger charge is -2.18. The molecule has 0 aliphatic carbocycles. The zero-order chi connectivity index (χ0) is 17.5. The van der Waals surface area contributed by atoms with Crippen molar-refractivity contribution >= 4 is 12.2 Å². The van der Waals surface area contributed by atoms with Crippen LogP contribution in [0.3, 0.4) is 0 Å². The third kappa shape index (κ3) is 6.03. The Labute approximate surface area is 137 Å². The van der Waals surface area contributed by atoms with Crippen LogP contribution in [0.15, 0.2) is 12.3 Å². The molecule has 0 saturated carbocycles. The van der Waals surface area contributed by atoms with Crippen molar-refractivity contribution in [3.63, 3.8) is 0 Å². The molecule has 1 heterocycles. The molecule has 0 radical (unpaired) electrons. The molecule has 7 nitrogen and oxygen atoms in total. The molecule has 1 rings (SSSR count). The number of ether oxygens (including phenoxy) is 2. The molecule has 7 heteroatoms. The van der Waals surface area contributed by atoms with Crippen LogP contribution in [0.25, 0.3) is 6.20 Å². The molecule has 0 atom stereocenters. The first-order valence-corrected chi connectivity index (χ1v) is 7.69. The largest absolute Gasteiger partial charge is 0.477 e. The van der Waals surface area contributed by atoms with E-state index in [1.165, 1.54) is 10.9 Å². The number of aromatic nitrogens is 2. The summed E-state index contributed by atoms with van der Waals surface area (Å²) in [5.74, 6) is 5.37. The van der Waals surface area contributed by atoms with E-state index in [0.29, 0.717) is 37.2 Å². The summed E-state index contributed by atoms with van der Waals surface area (Å²) < 4.78 is 12.3. The Hall–Kier alpha value is -1.86. The zero-order valence-electron chi connectivity index (χ0n) is 14.5. The van der Waals surface area contributed by atoms with Crippen molar-refractivity contribution < 1.29 is 19.1 Å². The number of hydrogen-bond donors (Lipinski definition) is 1. The lowest BCUT2D eigenvalue weighted by Crippen LogP contribution is -2.19. The van der Waals surface area contributed by atoms with Crippen molar-refractivity contribution in [2.24, 2.45) is 17.2 Å². The summed E-state index contributed by atoms with van der Waals surface area (Å²) in [5, 5.41) is 4.19. The van der Waals surface area contributed by atoms with Gasteiger partial charge in [0, 0.05) is 11.6 Å². The van der Waals surface area contributed by atoms with Crippen LogP contribution in [0.4, 0.5) is 0 Å². The third-order valence-corrected chi connectivity index (χ3v) is 2.92. The molecule has 0 aliphatic heterocycles. The zero-order valence-corrected chi connectivity index (χ0v) is 14.5. The van der Waals surface area contributed by atoms with Gasteiger partial charge in [-0.3, -0.25) is 0 Å². The van der Waals surface area contributed by atoms with Crippen LogP contribution in [-0.2, 0) is 9.57 Å². The fourth-order valence-corrected chi connectivity index (χ4v) is 1.73. The smallest absolute Gasteiger partial charge is 0.345 e. The molecule has 0 spiro atoms. The average Bonchev–Trinajstić information content (AvgIpc) is 2.86. The summed E-state index contributed by atoms with van der Waals surface area (Å²) in [5.41, 5.74) is 0.0325. The second-order valence-electron chi connectivity index (χ2n) is 6.35. The quantitative estimate of drug-likeness (QED) is 0.554. The number of carbonyl (C=O) groups is 1. The number of rotatable bonds is 9. The minimum atomic E-state index is -0.449. The van der Waals surface area contributed by atoms with Crippen molar-refractivity contribution in [1.82, 2.24) is 9.78 Å². The molecule has 0 unspecified atom stereocenters. The summed E-state index contributed by atoms with van der Waals surface area (Å²) >= 11 is 0. The fourth-order valence-electron chi connectivity index (χ4n) is 1.73. The minimum Gasteiger partial charge on any atom is -0.477 e. The van der Waals surface area contributed by atoms with Crippen LogP contribution in [0, 0.1) is 11.3 Å². The molecule has 0 fully saturated rings. The lowest BCUT2D eigenvalue weighted by molar-refractivity contribution is 0.0520. The molecule has 1 aromatic rings. The molecule has 2 N–H and O–H groups in total. The molecule has 0 bridgehead atoms.